The Kier molecular flexibility index (Phi) is 3.38. The number of hydrogen-bond acceptors (Lipinski definition) is 5. The van der Waals surface area contributed by atoms with Gasteiger partial charge in [-0.1, -0.05) is 5.16 Å². The number of hydrogen-bond donors (Lipinski definition) is 1. The maximum absolute atomic E-state index is 13.5. The summed E-state index contributed by atoms with van der Waals surface area (Å²) in [6.07, 6.45) is 2.68. The average molecular weight is 354 g/mol. The lowest BCUT2D eigenvalue weighted by atomic mass is 10.2. The SMILES string of the molecule is Oc1cnccc1-c1nc(-c2ccc(F)c(F)c2Br)no1. The molecular formula is C13H6BrF2N3O2. The van der Waals surface area contributed by atoms with E-state index in [2.05, 4.69) is 31.1 Å². The summed E-state index contributed by atoms with van der Waals surface area (Å²) >= 11 is 2.95. The Hall–Kier alpha value is -2.35. The van der Waals surface area contributed by atoms with Gasteiger partial charge in [-0.3, -0.25) is 4.98 Å². The number of aromatic hydroxyl groups is 1. The molecule has 0 aliphatic carbocycles. The van der Waals surface area contributed by atoms with E-state index in [1.54, 1.807) is 0 Å². The van der Waals surface area contributed by atoms with Gasteiger partial charge in [0.15, 0.2) is 11.6 Å². The average Bonchev–Trinajstić information content (AvgIpc) is 2.95. The van der Waals surface area contributed by atoms with E-state index in [1.807, 2.05) is 0 Å². The van der Waals surface area contributed by atoms with Crippen molar-refractivity contribution in [2.24, 2.45) is 0 Å². The first kappa shape index (κ1) is 13.6. The molecule has 21 heavy (non-hydrogen) atoms. The molecule has 0 spiro atoms. The van der Waals surface area contributed by atoms with Crippen LogP contribution in [0.25, 0.3) is 22.8 Å². The van der Waals surface area contributed by atoms with Gasteiger partial charge in [0, 0.05) is 11.8 Å². The maximum atomic E-state index is 13.5. The van der Waals surface area contributed by atoms with Crippen LogP contribution in [0, 0.1) is 11.6 Å². The molecule has 1 aromatic carbocycles. The maximum Gasteiger partial charge on any atom is 0.262 e. The van der Waals surface area contributed by atoms with Crippen LogP contribution in [0.2, 0.25) is 0 Å². The topological polar surface area (TPSA) is 72.0 Å². The van der Waals surface area contributed by atoms with Gasteiger partial charge in [-0.05, 0) is 34.1 Å². The molecule has 0 fully saturated rings. The molecule has 3 aromatic rings. The fraction of sp³-hybridized carbons (Fsp3) is 0. The van der Waals surface area contributed by atoms with E-state index >= 15 is 0 Å². The molecule has 3 rings (SSSR count). The molecule has 0 aliphatic heterocycles. The lowest BCUT2D eigenvalue weighted by Gasteiger charge is -2.01. The van der Waals surface area contributed by atoms with Crippen molar-refractivity contribution < 1.29 is 18.4 Å². The molecule has 0 amide bonds. The van der Waals surface area contributed by atoms with Crippen LogP contribution in [-0.2, 0) is 0 Å². The molecule has 0 saturated heterocycles. The van der Waals surface area contributed by atoms with E-state index in [-0.39, 0.29) is 27.5 Å². The van der Waals surface area contributed by atoms with Crippen molar-refractivity contribution in [3.8, 4) is 28.6 Å². The number of nitrogens with zero attached hydrogens (tertiary/aromatic N) is 3. The lowest BCUT2D eigenvalue weighted by molar-refractivity contribution is 0.425. The molecule has 2 heterocycles. The van der Waals surface area contributed by atoms with Gasteiger partial charge in [0.25, 0.3) is 5.89 Å². The molecule has 0 aliphatic rings. The molecule has 0 saturated carbocycles. The van der Waals surface area contributed by atoms with Gasteiger partial charge in [0.05, 0.1) is 16.2 Å². The highest BCUT2D eigenvalue weighted by Gasteiger charge is 2.18. The second-order valence-corrected chi connectivity index (χ2v) is 4.83. The molecule has 1 N–H and O–H groups in total. The van der Waals surface area contributed by atoms with Crippen molar-refractivity contribution >= 4 is 15.9 Å². The highest BCUT2D eigenvalue weighted by Crippen LogP contribution is 2.32. The van der Waals surface area contributed by atoms with E-state index in [1.165, 1.54) is 24.5 Å². The quantitative estimate of drug-likeness (QED) is 0.713. The van der Waals surface area contributed by atoms with E-state index in [0.29, 0.717) is 5.56 Å². The van der Waals surface area contributed by atoms with Gasteiger partial charge >= 0.3 is 0 Å². The van der Waals surface area contributed by atoms with Crippen molar-refractivity contribution in [2.75, 3.05) is 0 Å². The van der Waals surface area contributed by atoms with Crippen LogP contribution >= 0.6 is 15.9 Å². The Bertz CT molecular complexity index is 823. The summed E-state index contributed by atoms with van der Waals surface area (Å²) in [6.45, 7) is 0. The van der Waals surface area contributed by atoms with Gasteiger partial charge in [-0.2, -0.15) is 4.98 Å². The summed E-state index contributed by atoms with van der Waals surface area (Å²) in [4.78, 5) is 7.79. The molecule has 0 bridgehead atoms. The summed E-state index contributed by atoms with van der Waals surface area (Å²) in [6, 6.07) is 3.78. The first-order valence-corrected chi connectivity index (χ1v) is 6.48. The fourth-order valence-corrected chi connectivity index (χ4v) is 2.21. The van der Waals surface area contributed by atoms with Crippen LogP contribution in [-0.4, -0.2) is 20.2 Å². The second kappa shape index (κ2) is 5.21. The van der Waals surface area contributed by atoms with Gasteiger partial charge < -0.3 is 9.63 Å². The lowest BCUT2D eigenvalue weighted by Crippen LogP contribution is -1.90. The number of benzene rings is 1. The highest BCUT2D eigenvalue weighted by atomic mass is 79.9. The standard InChI is InChI=1S/C13H6BrF2N3O2/c14-10-7(1-2-8(15)11(10)16)12-18-13(21-19-12)6-3-4-17-5-9(6)20/h1-5,20H. The fourth-order valence-electron chi connectivity index (χ4n) is 1.71. The van der Waals surface area contributed by atoms with Crippen LogP contribution in [0.3, 0.4) is 0 Å². The summed E-state index contributed by atoms with van der Waals surface area (Å²) in [5.74, 6) is -2.04. The minimum absolute atomic E-state index is 0.0431. The number of pyridine rings is 1. The second-order valence-electron chi connectivity index (χ2n) is 4.04. The first-order chi connectivity index (χ1) is 10.1. The Morgan fingerprint density at radius 3 is 2.71 bits per heavy atom. The predicted molar refractivity (Wildman–Crippen MR) is 72.2 cm³/mol. The number of halogens is 3. The Morgan fingerprint density at radius 1 is 1.14 bits per heavy atom. The summed E-state index contributed by atoms with van der Waals surface area (Å²) in [7, 11) is 0. The third-order valence-corrected chi connectivity index (χ3v) is 3.51. The minimum atomic E-state index is -1.04. The molecule has 0 atom stereocenters. The number of aromatic nitrogens is 3. The Balaban J connectivity index is 2.07. The van der Waals surface area contributed by atoms with Crippen molar-refractivity contribution in [3.63, 3.8) is 0 Å². The van der Waals surface area contributed by atoms with Gasteiger partial charge in [0.1, 0.15) is 5.75 Å². The van der Waals surface area contributed by atoms with Crippen LogP contribution in [0.4, 0.5) is 8.78 Å². The zero-order valence-corrected chi connectivity index (χ0v) is 11.8. The third kappa shape index (κ3) is 2.38. The van der Waals surface area contributed by atoms with Crippen LogP contribution in [0.1, 0.15) is 0 Å². The van der Waals surface area contributed by atoms with E-state index in [4.69, 9.17) is 4.52 Å². The van der Waals surface area contributed by atoms with Crippen LogP contribution in [0.15, 0.2) is 39.6 Å². The largest absolute Gasteiger partial charge is 0.505 e. The predicted octanol–water partition coefficient (Wildman–Crippen LogP) is 3.54. The molecule has 0 unspecified atom stereocenters. The van der Waals surface area contributed by atoms with Crippen molar-refractivity contribution in [1.29, 1.82) is 0 Å². The van der Waals surface area contributed by atoms with Crippen molar-refractivity contribution in [2.45, 2.75) is 0 Å². The Labute approximate surface area is 125 Å². The molecule has 2 aromatic heterocycles. The van der Waals surface area contributed by atoms with E-state index in [9.17, 15) is 13.9 Å². The molecule has 8 heteroatoms. The van der Waals surface area contributed by atoms with Gasteiger partial charge in [0.2, 0.25) is 5.82 Å². The van der Waals surface area contributed by atoms with E-state index < -0.39 is 11.6 Å². The highest BCUT2D eigenvalue weighted by molar-refractivity contribution is 9.10. The molecule has 106 valence electrons. The zero-order valence-electron chi connectivity index (χ0n) is 10.2. The Morgan fingerprint density at radius 2 is 1.95 bits per heavy atom. The van der Waals surface area contributed by atoms with Crippen LogP contribution < -0.4 is 0 Å². The third-order valence-electron chi connectivity index (χ3n) is 2.73. The summed E-state index contributed by atoms with van der Waals surface area (Å²) in [5.41, 5.74) is 0.528. The summed E-state index contributed by atoms with van der Waals surface area (Å²) < 4.78 is 31.5. The zero-order chi connectivity index (χ0) is 15.0. The first-order valence-electron chi connectivity index (χ1n) is 5.69. The molecule has 0 radical (unpaired) electrons. The number of rotatable bonds is 2. The summed E-state index contributed by atoms with van der Waals surface area (Å²) in [5, 5.41) is 13.4. The van der Waals surface area contributed by atoms with Crippen LogP contribution in [0.5, 0.6) is 5.75 Å². The smallest absolute Gasteiger partial charge is 0.262 e. The van der Waals surface area contributed by atoms with Crippen molar-refractivity contribution in [3.05, 3.63) is 46.7 Å². The van der Waals surface area contributed by atoms with Crippen molar-refractivity contribution in [1.82, 2.24) is 15.1 Å². The van der Waals surface area contributed by atoms with Gasteiger partial charge in [-0.25, -0.2) is 8.78 Å². The van der Waals surface area contributed by atoms with Gasteiger partial charge in [-0.15, -0.1) is 0 Å². The molecule has 5 nitrogen and oxygen atoms in total. The minimum Gasteiger partial charge on any atom is -0.505 e. The molecular weight excluding hydrogens is 348 g/mol. The monoisotopic (exact) mass is 353 g/mol. The van der Waals surface area contributed by atoms with E-state index in [0.717, 1.165) is 6.07 Å². The normalized spacial score (nSPS) is 10.8.